The number of nitrogens with zero attached hydrogens (tertiary/aromatic N) is 4. The molecular formula is C53H74N6O13S3. The third-order valence-corrected chi connectivity index (χ3v) is 16.4. The minimum atomic E-state index is -1.03. The summed E-state index contributed by atoms with van der Waals surface area (Å²) in [5.41, 5.74) is 0.898. The molecule has 3 N–H and O–H groups in total. The van der Waals surface area contributed by atoms with Crippen molar-refractivity contribution in [3.63, 3.8) is 0 Å². The number of nitro benzene ring substituents is 1. The number of esters is 3. The van der Waals surface area contributed by atoms with Crippen molar-refractivity contribution in [3.8, 4) is 5.75 Å². The van der Waals surface area contributed by atoms with Crippen LogP contribution in [-0.4, -0.2) is 124 Å². The van der Waals surface area contributed by atoms with Gasteiger partial charge in [0.15, 0.2) is 18.6 Å². The fourth-order valence-electron chi connectivity index (χ4n) is 8.74. The number of carbonyl (C=O) groups excluding carboxylic acids is 7. The summed E-state index contributed by atoms with van der Waals surface area (Å²) < 4.78 is 16.9. The lowest BCUT2D eigenvalue weighted by Crippen LogP contribution is -2.59. The number of likely N-dealkylation sites (tertiary alicyclic amines) is 1. The van der Waals surface area contributed by atoms with E-state index >= 15 is 0 Å². The van der Waals surface area contributed by atoms with Gasteiger partial charge in [0, 0.05) is 55.3 Å². The van der Waals surface area contributed by atoms with E-state index in [1.54, 1.807) is 42.6 Å². The molecule has 1 aliphatic rings. The van der Waals surface area contributed by atoms with E-state index in [1.165, 1.54) is 51.6 Å². The summed E-state index contributed by atoms with van der Waals surface area (Å²) in [6.45, 7) is 12.4. The molecule has 0 saturated carbocycles. The molecule has 1 fully saturated rings. The van der Waals surface area contributed by atoms with Crippen molar-refractivity contribution in [3.05, 3.63) is 80.3 Å². The second-order valence-corrected chi connectivity index (χ2v) is 22.7. The number of benzene rings is 2. The number of Topliss-reactive ketones (excluding diaryl/α,β-unsaturated/α-hetero) is 1. The number of nitrogens with one attached hydrogen (secondary N) is 2. The molecule has 0 aliphatic carbocycles. The molecule has 75 heavy (non-hydrogen) atoms. The Morgan fingerprint density at radius 2 is 1.71 bits per heavy atom. The van der Waals surface area contributed by atoms with E-state index in [2.05, 4.69) is 10.6 Å². The van der Waals surface area contributed by atoms with Crippen molar-refractivity contribution in [1.82, 2.24) is 25.4 Å². The van der Waals surface area contributed by atoms with Gasteiger partial charge in [-0.3, -0.25) is 48.6 Å². The Balaban J connectivity index is 1.49. The molecule has 3 amide bonds. The molecule has 1 saturated heterocycles. The van der Waals surface area contributed by atoms with Gasteiger partial charge in [-0.15, -0.1) is 11.3 Å². The number of para-hydroxylation sites is 1. The van der Waals surface area contributed by atoms with E-state index in [0.717, 1.165) is 36.3 Å². The lowest BCUT2D eigenvalue weighted by atomic mass is 9.85. The van der Waals surface area contributed by atoms with Gasteiger partial charge in [0.2, 0.25) is 17.7 Å². The quantitative estimate of drug-likeness (QED) is 0.00798. The summed E-state index contributed by atoms with van der Waals surface area (Å²) in [6.07, 6.45) is 3.29. The van der Waals surface area contributed by atoms with Gasteiger partial charge in [0.1, 0.15) is 35.6 Å². The van der Waals surface area contributed by atoms with E-state index in [1.807, 2.05) is 46.6 Å². The number of ether oxygens (including phenoxy) is 3. The molecule has 22 heteroatoms. The fraction of sp³-hybridized carbons (Fsp3) is 0.585. The average Bonchev–Trinajstić information content (AvgIpc) is 3.88. The Kier molecular flexibility index (Phi) is 26.0. The largest absolute Gasteiger partial charge is 0.508 e. The Bertz CT molecular complexity index is 2390. The van der Waals surface area contributed by atoms with E-state index < -0.39 is 84.0 Å². The van der Waals surface area contributed by atoms with Crippen LogP contribution in [0.15, 0.2) is 58.8 Å². The van der Waals surface area contributed by atoms with Crippen LogP contribution in [0.1, 0.15) is 133 Å². The number of phenols is 1. The lowest BCUT2D eigenvalue weighted by molar-refractivity contribution is -0.387. The Labute approximate surface area is 451 Å². The van der Waals surface area contributed by atoms with Crippen molar-refractivity contribution in [1.29, 1.82) is 0 Å². The van der Waals surface area contributed by atoms with Crippen molar-refractivity contribution in [2.24, 2.45) is 23.7 Å². The molecule has 1 aromatic heterocycles. The highest BCUT2D eigenvalue weighted by molar-refractivity contribution is 8.76. The standard InChI is InChI=1S/C53H74N6O13S3/c1-9-15-47(63)71-32-58(53(67)49(34(5)10-2)56-51(66)42-17-13-14-23-57(42)8)43(33(3)4)29-45(72-36(7)60)52-55-40(31-73-52)44(62)28-38(27-37-19-21-39(61)22-20-37)26-35(6)50(65)54-30-48(64)70-24-25-74-75-46-18-12-11-16-41(46)59(68)69/h11-12,16,18-22,31,33-35,38,42-43,45,49,61H,9-10,13-15,17,23-30,32H2,1-8H3,(H,54,65)(H,56,66)/t34?,35-,38+,42+,43-,45+,49-/m0/s1. The highest BCUT2D eigenvalue weighted by Gasteiger charge is 2.39. The Hall–Kier alpha value is -5.58. The van der Waals surface area contributed by atoms with Crippen molar-refractivity contribution in [2.45, 2.75) is 142 Å². The Morgan fingerprint density at radius 3 is 2.36 bits per heavy atom. The van der Waals surface area contributed by atoms with E-state index in [4.69, 9.17) is 19.2 Å². The number of hydrogen-bond acceptors (Lipinski definition) is 18. The van der Waals surface area contributed by atoms with Gasteiger partial charge in [0.05, 0.1) is 15.9 Å². The molecule has 412 valence electrons. The number of thiazole rings is 1. The first-order valence-electron chi connectivity index (χ1n) is 25.6. The predicted octanol–water partition coefficient (Wildman–Crippen LogP) is 8.48. The van der Waals surface area contributed by atoms with E-state index in [-0.39, 0.29) is 72.9 Å². The minimum absolute atomic E-state index is 0.0182. The van der Waals surface area contributed by atoms with Crippen molar-refractivity contribution >= 4 is 80.0 Å². The predicted molar refractivity (Wildman–Crippen MR) is 288 cm³/mol. The number of phenolic OH excluding ortho intramolecular Hbond substituents is 1. The zero-order valence-corrected chi connectivity index (χ0v) is 46.7. The first-order valence-corrected chi connectivity index (χ1v) is 28.8. The van der Waals surface area contributed by atoms with E-state index in [0.29, 0.717) is 41.3 Å². The zero-order valence-electron chi connectivity index (χ0n) is 44.3. The van der Waals surface area contributed by atoms with Gasteiger partial charge < -0.3 is 34.9 Å². The maximum atomic E-state index is 14.9. The number of carbonyl (C=O) groups is 7. The van der Waals surface area contributed by atoms with Crippen molar-refractivity contribution in [2.75, 3.05) is 39.2 Å². The van der Waals surface area contributed by atoms with Gasteiger partial charge in [-0.25, -0.2) is 4.98 Å². The zero-order chi connectivity index (χ0) is 55.2. The molecule has 1 aliphatic heterocycles. The van der Waals surface area contributed by atoms with E-state index in [9.17, 15) is 48.8 Å². The van der Waals surface area contributed by atoms with Crippen LogP contribution >= 0.6 is 32.9 Å². The fourth-order valence-corrected chi connectivity index (χ4v) is 11.6. The molecule has 0 spiro atoms. The van der Waals surface area contributed by atoms with Gasteiger partial charge in [0.25, 0.3) is 5.69 Å². The molecule has 2 aromatic carbocycles. The second-order valence-electron chi connectivity index (χ2n) is 19.4. The molecule has 7 atom stereocenters. The van der Waals surface area contributed by atoms with Crippen LogP contribution in [0.5, 0.6) is 5.75 Å². The number of aromatic nitrogens is 1. The molecule has 19 nitrogen and oxygen atoms in total. The molecule has 3 aromatic rings. The van der Waals surface area contributed by atoms with Crippen LogP contribution in [0.4, 0.5) is 5.69 Å². The normalized spacial score (nSPS) is 16.1. The van der Waals surface area contributed by atoms with Crippen LogP contribution in [-0.2, 0) is 49.4 Å². The number of piperidine rings is 1. The van der Waals surface area contributed by atoms with Crippen molar-refractivity contribution < 1.29 is 57.8 Å². The highest BCUT2D eigenvalue weighted by Crippen LogP contribution is 2.37. The van der Waals surface area contributed by atoms with Crippen LogP contribution in [0.25, 0.3) is 0 Å². The molecule has 2 heterocycles. The smallest absolute Gasteiger partial charge is 0.325 e. The second kappa shape index (κ2) is 31.5. The van der Waals surface area contributed by atoms with Crippen LogP contribution in [0.2, 0.25) is 0 Å². The van der Waals surface area contributed by atoms with Crippen LogP contribution in [0, 0.1) is 33.8 Å². The number of rotatable bonds is 31. The maximum absolute atomic E-state index is 14.9. The van der Waals surface area contributed by atoms with Gasteiger partial charge in [-0.1, -0.05) is 100 Å². The summed E-state index contributed by atoms with van der Waals surface area (Å²) in [4.78, 5) is 114. The topological polar surface area (TPSA) is 254 Å². The number of hydrogen-bond donors (Lipinski definition) is 3. The highest BCUT2D eigenvalue weighted by atomic mass is 33.1. The average molecular weight is 1100 g/mol. The number of nitro groups is 1. The minimum Gasteiger partial charge on any atom is -0.508 e. The van der Waals surface area contributed by atoms with Crippen LogP contribution < -0.4 is 10.6 Å². The summed E-state index contributed by atoms with van der Waals surface area (Å²) in [6, 6.07) is 10.8. The summed E-state index contributed by atoms with van der Waals surface area (Å²) in [5, 5.41) is 28.8. The van der Waals surface area contributed by atoms with Gasteiger partial charge in [-0.2, -0.15) is 0 Å². The molecular weight excluding hydrogens is 1020 g/mol. The summed E-state index contributed by atoms with van der Waals surface area (Å²) >= 11 is 1.11. The summed E-state index contributed by atoms with van der Waals surface area (Å²) in [7, 11) is 4.38. The molecule has 0 radical (unpaired) electrons. The maximum Gasteiger partial charge on any atom is 0.325 e. The summed E-state index contributed by atoms with van der Waals surface area (Å²) in [5.74, 6) is -4.48. The first kappa shape index (κ1) is 62.0. The number of ketones is 1. The van der Waals surface area contributed by atoms with Gasteiger partial charge in [-0.05, 0) is 87.2 Å². The number of amides is 3. The third kappa shape index (κ3) is 20.1. The molecule has 4 rings (SSSR count). The van der Waals surface area contributed by atoms with Gasteiger partial charge >= 0.3 is 17.9 Å². The number of aromatic hydroxyl groups is 1. The monoisotopic (exact) mass is 1100 g/mol. The lowest BCUT2D eigenvalue weighted by Gasteiger charge is -2.39. The molecule has 0 bridgehead atoms. The number of likely N-dealkylation sites (N-methyl/N-ethyl adjacent to an activating group) is 1. The third-order valence-electron chi connectivity index (χ3n) is 13.1. The molecule has 1 unspecified atom stereocenters. The Morgan fingerprint density at radius 1 is 0.987 bits per heavy atom. The van der Waals surface area contributed by atoms with Crippen LogP contribution in [0.3, 0.4) is 0 Å². The SMILES string of the molecule is CCCC(=O)OCN(C(=O)[C@@H](NC(=O)[C@H]1CCCCN1C)C(C)CC)[C@@H](C[C@@H](OC(C)=O)c1nc(C(=O)C[C@@H](Cc2ccc(O)cc2)C[C@H](C)C(=O)NCC(=O)OCCSSc2ccccc2[N+](=O)[O-])cs1)C(C)C. The first-order chi connectivity index (χ1) is 35.7.